The van der Waals surface area contributed by atoms with Crippen LogP contribution in [0.3, 0.4) is 0 Å². The fourth-order valence-electron chi connectivity index (χ4n) is 4.07. The lowest BCUT2D eigenvalue weighted by Crippen LogP contribution is -2.49. The highest BCUT2D eigenvalue weighted by Gasteiger charge is 2.49. The second-order valence-electron chi connectivity index (χ2n) is 10.0. The first-order valence-corrected chi connectivity index (χ1v) is 11.2. The summed E-state index contributed by atoms with van der Waals surface area (Å²) in [5.74, 6) is 0. The Morgan fingerprint density at radius 3 is 2.46 bits per heavy atom. The highest BCUT2D eigenvalue weighted by atomic mass is 32.2. The number of piperidine rings is 1. The number of amides is 1. The van der Waals surface area contributed by atoms with Crippen molar-refractivity contribution in [1.29, 1.82) is 0 Å². The van der Waals surface area contributed by atoms with E-state index >= 15 is 0 Å². The van der Waals surface area contributed by atoms with Crippen LogP contribution in [0.5, 0.6) is 0 Å². The number of carbonyl (C=O) groups is 1. The van der Waals surface area contributed by atoms with Gasteiger partial charge >= 0.3 is 6.09 Å². The van der Waals surface area contributed by atoms with E-state index in [4.69, 9.17) is 4.74 Å². The largest absolute Gasteiger partial charge is 0.444 e. The first-order chi connectivity index (χ1) is 12.9. The monoisotopic (exact) mass is 407 g/mol. The van der Waals surface area contributed by atoms with Gasteiger partial charge in [0.05, 0.1) is 21.8 Å². The van der Waals surface area contributed by atoms with Gasteiger partial charge in [-0.15, -0.1) is 0 Å². The lowest BCUT2D eigenvalue weighted by Gasteiger charge is -2.43. The molecule has 1 spiro atoms. The van der Waals surface area contributed by atoms with Gasteiger partial charge in [0, 0.05) is 25.5 Å². The first-order valence-electron chi connectivity index (χ1n) is 10.0. The Hall–Kier alpha value is -1.47. The van der Waals surface area contributed by atoms with Crippen LogP contribution in [0.4, 0.5) is 4.79 Å². The fraction of sp³-hybridized carbons (Fsp3) is 0.714. The van der Waals surface area contributed by atoms with Crippen molar-refractivity contribution in [3.8, 4) is 0 Å². The van der Waals surface area contributed by atoms with Crippen LogP contribution in [0, 0.1) is 5.41 Å². The van der Waals surface area contributed by atoms with E-state index in [2.05, 4.69) is 15.8 Å². The molecule has 1 fully saturated rings. The van der Waals surface area contributed by atoms with E-state index in [1.54, 1.807) is 4.90 Å². The quantitative estimate of drug-likeness (QED) is 0.810. The minimum atomic E-state index is -1.18. The zero-order valence-electron chi connectivity index (χ0n) is 17.9. The average molecular weight is 408 g/mol. The molecule has 2 atom stereocenters. The van der Waals surface area contributed by atoms with Crippen molar-refractivity contribution < 1.29 is 13.7 Å². The molecule has 1 N–H and O–H groups in total. The summed E-state index contributed by atoms with van der Waals surface area (Å²) in [4.78, 5) is 18.6. The summed E-state index contributed by atoms with van der Waals surface area (Å²) >= 11 is 0. The van der Waals surface area contributed by atoms with E-state index < -0.39 is 16.6 Å². The minimum absolute atomic E-state index is 0.0166. The van der Waals surface area contributed by atoms with Crippen LogP contribution >= 0.6 is 0 Å². The molecule has 7 heteroatoms. The third-order valence-electron chi connectivity index (χ3n) is 5.60. The Bertz CT molecular complexity index is 759. The van der Waals surface area contributed by atoms with Gasteiger partial charge in [-0.2, -0.15) is 0 Å². The summed E-state index contributed by atoms with van der Waals surface area (Å²) < 4.78 is 21.5. The minimum Gasteiger partial charge on any atom is -0.444 e. The molecule has 28 heavy (non-hydrogen) atoms. The van der Waals surface area contributed by atoms with Crippen molar-refractivity contribution in [2.45, 2.75) is 77.2 Å². The standard InChI is InChI=1S/C21H33N3O3S/c1-19(2,3)27-18(25)24-11-8-21(9-12-24)13-15-7-10-22-14-16(15)17(21)23-28(26)20(4,5)6/h7,10,14,17,23H,8-9,11-13H2,1-6H3/t17-,28?/m1/s1. The van der Waals surface area contributed by atoms with Crippen molar-refractivity contribution in [2.24, 2.45) is 5.41 Å². The predicted molar refractivity (Wildman–Crippen MR) is 111 cm³/mol. The fourth-order valence-corrected chi connectivity index (χ4v) is 5.01. The average Bonchev–Trinajstić information content (AvgIpc) is 2.86. The number of hydrogen-bond donors (Lipinski definition) is 1. The molecule has 1 aliphatic carbocycles. The molecule has 0 aromatic carbocycles. The Morgan fingerprint density at radius 2 is 1.89 bits per heavy atom. The van der Waals surface area contributed by atoms with Gasteiger partial charge in [-0.3, -0.25) is 4.98 Å². The van der Waals surface area contributed by atoms with Crippen LogP contribution in [0.15, 0.2) is 18.5 Å². The van der Waals surface area contributed by atoms with Gasteiger partial charge in [-0.25, -0.2) is 13.7 Å². The summed E-state index contributed by atoms with van der Waals surface area (Å²) in [5.41, 5.74) is 1.87. The van der Waals surface area contributed by atoms with Gasteiger partial charge in [-0.05, 0) is 83.4 Å². The van der Waals surface area contributed by atoms with Crippen LogP contribution < -0.4 is 4.72 Å². The van der Waals surface area contributed by atoms with Gasteiger partial charge in [0.1, 0.15) is 5.60 Å². The molecule has 1 unspecified atom stereocenters. The second kappa shape index (κ2) is 7.41. The molecule has 0 saturated carbocycles. The van der Waals surface area contributed by atoms with Gasteiger partial charge < -0.3 is 9.64 Å². The summed E-state index contributed by atoms with van der Waals surface area (Å²) in [7, 11) is -1.18. The molecule has 0 radical (unpaired) electrons. The molecule has 1 amide bonds. The number of nitrogens with one attached hydrogen (secondary N) is 1. The molecule has 1 saturated heterocycles. The SMILES string of the molecule is CC(C)(C)OC(=O)N1CCC2(CC1)Cc1ccncc1[C@H]2NS(=O)C(C)(C)C. The van der Waals surface area contributed by atoms with Crippen LogP contribution in [0.2, 0.25) is 0 Å². The maximum atomic E-state index is 12.9. The number of pyridine rings is 1. The number of fused-ring (bicyclic) bond motifs is 1. The molecule has 2 aliphatic rings. The molecule has 1 aromatic heterocycles. The Balaban J connectivity index is 1.79. The van der Waals surface area contributed by atoms with Crippen molar-refractivity contribution in [3.05, 3.63) is 29.6 Å². The molecule has 0 bridgehead atoms. The smallest absolute Gasteiger partial charge is 0.410 e. The highest BCUT2D eigenvalue weighted by molar-refractivity contribution is 7.84. The third-order valence-corrected chi connectivity index (χ3v) is 7.17. The predicted octanol–water partition coefficient (Wildman–Crippen LogP) is 3.75. The van der Waals surface area contributed by atoms with E-state index in [0.717, 1.165) is 24.8 Å². The Morgan fingerprint density at radius 1 is 1.25 bits per heavy atom. The summed E-state index contributed by atoms with van der Waals surface area (Å²) in [6, 6.07) is 2.05. The maximum Gasteiger partial charge on any atom is 0.410 e. The second-order valence-corrected chi connectivity index (χ2v) is 12.0. The van der Waals surface area contributed by atoms with Crippen molar-refractivity contribution in [2.75, 3.05) is 13.1 Å². The summed E-state index contributed by atoms with van der Waals surface area (Å²) in [5, 5.41) is 0. The Labute approximate surface area is 171 Å². The maximum absolute atomic E-state index is 12.9. The van der Waals surface area contributed by atoms with Gasteiger partial charge in [0.2, 0.25) is 0 Å². The number of hydrogen-bond acceptors (Lipinski definition) is 4. The van der Waals surface area contributed by atoms with Gasteiger partial charge in [-0.1, -0.05) is 0 Å². The summed E-state index contributed by atoms with van der Waals surface area (Å²) in [6.45, 7) is 12.9. The van der Waals surface area contributed by atoms with Crippen molar-refractivity contribution >= 4 is 17.1 Å². The van der Waals surface area contributed by atoms with Gasteiger partial charge in [0.25, 0.3) is 0 Å². The molecule has 6 nitrogen and oxygen atoms in total. The van der Waals surface area contributed by atoms with Crippen molar-refractivity contribution in [1.82, 2.24) is 14.6 Å². The number of carbonyl (C=O) groups excluding carboxylic acids is 1. The van der Waals surface area contributed by atoms with Crippen LogP contribution in [0.1, 0.15) is 71.6 Å². The van der Waals surface area contributed by atoms with E-state index in [9.17, 15) is 9.00 Å². The zero-order valence-corrected chi connectivity index (χ0v) is 18.7. The van der Waals surface area contributed by atoms with Crippen LogP contribution in [-0.2, 0) is 22.1 Å². The molecular formula is C21H33N3O3S. The molecule has 1 aliphatic heterocycles. The first kappa shape index (κ1) is 21.2. The Kier molecular flexibility index (Phi) is 5.62. The topological polar surface area (TPSA) is 71.5 Å². The number of ether oxygens (including phenoxy) is 1. The van der Waals surface area contributed by atoms with E-state index in [-0.39, 0.29) is 22.3 Å². The lowest BCUT2D eigenvalue weighted by molar-refractivity contribution is 0.00723. The molecule has 1 aromatic rings. The molecule has 156 valence electrons. The van der Waals surface area contributed by atoms with Crippen LogP contribution in [-0.4, -0.2) is 43.6 Å². The zero-order chi connectivity index (χ0) is 20.7. The van der Waals surface area contributed by atoms with Crippen molar-refractivity contribution in [3.63, 3.8) is 0 Å². The van der Waals surface area contributed by atoms with E-state index in [0.29, 0.717) is 13.1 Å². The number of aromatic nitrogens is 1. The number of nitrogens with zero attached hydrogens (tertiary/aromatic N) is 2. The molecule has 2 heterocycles. The summed E-state index contributed by atoms with van der Waals surface area (Å²) in [6.07, 6.45) is 6.10. The third kappa shape index (κ3) is 4.40. The van der Waals surface area contributed by atoms with E-state index in [1.165, 1.54) is 5.56 Å². The number of likely N-dealkylation sites (tertiary alicyclic amines) is 1. The molecular weight excluding hydrogens is 374 g/mol. The number of rotatable bonds is 2. The normalized spacial score (nSPS) is 22.8. The highest BCUT2D eigenvalue weighted by Crippen LogP contribution is 2.52. The molecule has 3 rings (SSSR count). The van der Waals surface area contributed by atoms with Gasteiger partial charge in [0.15, 0.2) is 0 Å². The lowest BCUT2D eigenvalue weighted by atomic mass is 9.73. The van der Waals surface area contributed by atoms with Crippen LogP contribution in [0.25, 0.3) is 0 Å². The van der Waals surface area contributed by atoms with E-state index in [1.807, 2.05) is 53.9 Å².